The normalized spacial score (nSPS) is 17.9. The Bertz CT molecular complexity index is 1970. The summed E-state index contributed by atoms with van der Waals surface area (Å²) in [6.07, 6.45) is 0.726. The van der Waals surface area contributed by atoms with Gasteiger partial charge < -0.3 is 19.6 Å². The number of anilines is 2. The fraction of sp³-hybridized carbons (Fsp3) is 0.297. The number of rotatable bonds is 9. The van der Waals surface area contributed by atoms with Crippen LogP contribution in [0.15, 0.2) is 93.9 Å². The Labute approximate surface area is 346 Å². The number of halogens is 6. The van der Waals surface area contributed by atoms with Gasteiger partial charge in [-0.05, 0) is 96.3 Å². The first-order valence-electron chi connectivity index (χ1n) is 16.7. The van der Waals surface area contributed by atoms with Crippen molar-refractivity contribution in [3.05, 3.63) is 125 Å². The van der Waals surface area contributed by atoms with Crippen LogP contribution in [0.3, 0.4) is 0 Å². The largest absolute Gasteiger partial charge is 0.325 e. The first-order chi connectivity index (χ1) is 25.1. The molecule has 0 aliphatic carbocycles. The number of hydrogen-bond acceptors (Lipinski definition) is 3. The number of carbonyl (C=O) groups is 2. The molecule has 0 aromatic heterocycles. The van der Waals surface area contributed by atoms with Gasteiger partial charge in [-0.2, -0.15) is 0 Å². The Kier molecular flexibility index (Phi) is 14.6. The molecule has 2 saturated heterocycles. The third kappa shape index (κ3) is 11.6. The quantitative estimate of drug-likeness (QED) is 0.163. The summed E-state index contributed by atoms with van der Waals surface area (Å²) in [5.41, 5.74) is 3.20. The number of benzene rings is 4. The number of amides is 4. The van der Waals surface area contributed by atoms with E-state index in [9.17, 15) is 23.9 Å². The van der Waals surface area contributed by atoms with E-state index in [0.29, 0.717) is 43.8 Å². The van der Waals surface area contributed by atoms with Crippen LogP contribution in [0.5, 0.6) is 0 Å². The molecule has 4 amide bonds. The lowest BCUT2D eigenvalue weighted by Gasteiger charge is -2.40. The molecule has 2 atom stereocenters. The minimum absolute atomic E-state index is 0.0121. The average Bonchev–Trinajstić information content (AvgIpc) is 3.10. The maximum Gasteiger partial charge on any atom is 0.325 e. The van der Waals surface area contributed by atoms with E-state index in [1.807, 2.05) is 52.3 Å². The second kappa shape index (κ2) is 18.5. The van der Waals surface area contributed by atoms with Crippen LogP contribution in [0.1, 0.15) is 24.5 Å². The number of urea groups is 2. The summed E-state index contributed by atoms with van der Waals surface area (Å²) < 4.78 is 13.4. The van der Waals surface area contributed by atoms with Gasteiger partial charge in [0.15, 0.2) is 0 Å². The highest BCUT2D eigenvalue weighted by Crippen LogP contribution is 2.39. The van der Waals surface area contributed by atoms with Gasteiger partial charge in [0.2, 0.25) is 0 Å². The molecule has 2 aliphatic heterocycles. The molecule has 282 valence electrons. The van der Waals surface area contributed by atoms with E-state index in [2.05, 4.69) is 38.8 Å². The number of hydrogen-bond donors (Lipinski definition) is 2. The van der Waals surface area contributed by atoms with Gasteiger partial charge >= 0.3 is 19.7 Å². The molecule has 0 saturated carbocycles. The summed E-state index contributed by atoms with van der Waals surface area (Å²) in [5, 5.41) is 2.12. The van der Waals surface area contributed by atoms with E-state index in [1.165, 1.54) is 0 Å². The second-order valence-corrected chi connectivity index (χ2v) is 18.2. The van der Waals surface area contributed by atoms with Crippen LogP contribution < -0.4 is 9.80 Å². The first kappa shape index (κ1) is 41.8. The van der Waals surface area contributed by atoms with Crippen LogP contribution in [0.4, 0.5) is 21.0 Å². The lowest BCUT2D eigenvalue weighted by molar-refractivity contribution is 0.174. The van der Waals surface area contributed by atoms with Crippen molar-refractivity contribution >= 4 is 109 Å². The fourth-order valence-electron chi connectivity index (χ4n) is 6.27. The van der Waals surface area contributed by atoms with E-state index < -0.39 is 7.60 Å². The molecule has 2 aliphatic rings. The molecule has 53 heavy (non-hydrogen) atoms. The van der Waals surface area contributed by atoms with Crippen molar-refractivity contribution in [1.82, 2.24) is 9.80 Å². The molecular formula is C37H37Br2Cl4N4O5P. The summed E-state index contributed by atoms with van der Waals surface area (Å²) in [7, 11) is -4.22. The van der Waals surface area contributed by atoms with Crippen LogP contribution >= 0.6 is 85.9 Å². The minimum Gasteiger partial charge on any atom is -0.324 e. The van der Waals surface area contributed by atoms with Gasteiger partial charge in [0.1, 0.15) is 0 Å². The lowest BCUT2D eigenvalue weighted by atomic mass is 10.0. The van der Waals surface area contributed by atoms with Gasteiger partial charge in [-0.15, -0.1) is 0 Å². The number of nitrogens with zero attached hydrogens (tertiary/aromatic N) is 4. The standard InChI is InChI=1S/C19H19BrCl2N2O.C18H18BrCl2N2O4P/c1-2-13-10-23(12-14-3-6-16(21)9-18(14)22)19(25)24(11-13)17-7-4-15(20)5-8-17;19-14-2-5-16(6-3-14)23-9-12(11-28(25,26)27)8-22(18(23)24)10-13-1-4-15(20)7-17(13)21/h3-9,13H,2,10-12H2,1H3;1-7,12H,8-11H2,(H2,25,26,27). The second-order valence-electron chi connectivity index (χ2n) is 13.0. The van der Waals surface area contributed by atoms with E-state index in [-0.39, 0.29) is 43.8 Å². The van der Waals surface area contributed by atoms with Gasteiger partial charge in [-0.3, -0.25) is 14.4 Å². The Hall–Kier alpha value is -2.31. The van der Waals surface area contributed by atoms with Crippen LogP contribution in [0.2, 0.25) is 20.1 Å². The summed E-state index contributed by atoms with van der Waals surface area (Å²) in [4.78, 5) is 51.8. The fourth-order valence-corrected chi connectivity index (χ4v) is 8.64. The molecule has 2 heterocycles. The minimum atomic E-state index is -4.22. The number of carbonyl (C=O) groups excluding carboxylic acids is 2. The predicted molar refractivity (Wildman–Crippen MR) is 222 cm³/mol. The lowest BCUT2D eigenvalue weighted by Crippen LogP contribution is -2.54. The molecule has 2 unspecified atom stereocenters. The summed E-state index contributed by atoms with van der Waals surface area (Å²) in [6.45, 7) is 4.81. The molecule has 2 fully saturated rings. The topological polar surface area (TPSA) is 105 Å². The third-order valence-electron chi connectivity index (χ3n) is 8.94. The smallest absolute Gasteiger partial charge is 0.324 e. The van der Waals surface area contributed by atoms with Crippen molar-refractivity contribution in [3.8, 4) is 0 Å². The highest BCUT2D eigenvalue weighted by molar-refractivity contribution is 9.10. The predicted octanol–water partition coefficient (Wildman–Crippen LogP) is 11.2. The molecule has 2 N–H and O–H groups in total. The van der Waals surface area contributed by atoms with Gasteiger partial charge in [0.05, 0.1) is 6.16 Å². The zero-order chi connectivity index (χ0) is 38.4. The van der Waals surface area contributed by atoms with Crippen molar-refractivity contribution in [2.75, 3.05) is 42.1 Å². The van der Waals surface area contributed by atoms with E-state index in [0.717, 1.165) is 39.7 Å². The Balaban J connectivity index is 0.000000206. The van der Waals surface area contributed by atoms with Crippen LogP contribution in [0.25, 0.3) is 0 Å². The molecule has 16 heteroatoms. The molecular weight excluding hydrogens is 913 g/mol. The van der Waals surface area contributed by atoms with E-state index in [4.69, 9.17) is 46.4 Å². The molecule has 4 aromatic rings. The monoisotopic (exact) mass is 946 g/mol. The van der Waals surface area contributed by atoms with Crippen molar-refractivity contribution in [1.29, 1.82) is 0 Å². The van der Waals surface area contributed by atoms with Crippen LogP contribution in [-0.4, -0.2) is 64.0 Å². The maximum absolute atomic E-state index is 13.1. The Morgan fingerprint density at radius 1 is 0.642 bits per heavy atom. The Morgan fingerprint density at radius 2 is 1.04 bits per heavy atom. The van der Waals surface area contributed by atoms with Gasteiger partial charge in [-0.25, -0.2) is 9.59 Å². The SMILES string of the molecule is CCC1CN(Cc2ccc(Cl)cc2Cl)C(=O)N(c2ccc(Br)cc2)C1.O=C1N(Cc2ccc(Cl)cc2Cl)CC(CP(=O)(O)O)CN1c1ccc(Br)cc1. The van der Waals surface area contributed by atoms with Crippen molar-refractivity contribution in [3.63, 3.8) is 0 Å². The highest BCUT2D eigenvalue weighted by Gasteiger charge is 2.36. The van der Waals surface area contributed by atoms with Crippen molar-refractivity contribution in [2.45, 2.75) is 26.4 Å². The van der Waals surface area contributed by atoms with Gasteiger partial charge in [-0.1, -0.05) is 97.3 Å². The molecule has 6 rings (SSSR count). The third-order valence-corrected chi connectivity index (χ3v) is 12.2. The molecule has 0 radical (unpaired) electrons. The van der Waals surface area contributed by atoms with Crippen LogP contribution in [-0.2, 0) is 17.7 Å². The maximum atomic E-state index is 13.1. The zero-order valence-electron chi connectivity index (χ0n) is 28.5. The van der Waals surface area contributed by atoms with E-state index in [1.54, 1.807) is 52.3 Å². The molecule has 0 spiro atoms. The summed E-state index contributed by atoms with van der Waals surface area (Å²) >= 11 is 31.3. The molecule has 9 nitrogen and oxygen atoms in total. The first-order valence-corrected chi connectivity index (χ1v) is 21.6. The summed E-state index contributed by atoms with van der Waals surface area (Å²) in [5.74, 6) is 0.0423. The molecule has 0 bridgehead atoms. The Morgan fingerprint density at radius 3 is 1.42 bits per heavy atom. The van der Waals surface area contributed by atoms with E-state index >= 15 is 0 Å². The summed E-state index contributed by atoms with van der Waals surface area (Å²) in [6, 6.07) is 25.3. The van der Waals surface area contributed by atoms with Crippen molar-refractivity contribution in [2.24, 2.45) is 11.8 Å². The zero-order valence-corrected chi connectivity index (χ0v) is 35.6. The van der Waals surface area contributed by atoms with Gasteiger partial charge in [0.25, 0.3) is 0 Å². The molecule has 4 aromatic carbocycles. The highest BCUT2D eigenvalue weighted by atomic mass is 79.9. The van der Waals surface area contributed by atoms with Crippen molar-refractivity contribution < 1.29 is 23.9 Å². The average molecular weight is 950 g/mol. The van der Waals surface area contributed by atoms with Crippen LogP contribution in [0, 0.1) is 11.8 Å². The van der Waals surface area contributed by atoms with Gasteiger partial charge in [0, 0.05) is 85.6 Å².